The molecule has 0 radical (unpaired) electrons. The molecule has 1 aromatic carbocycles. The number of rotatable bonds is 4. The van der Waals surface area contributed by atoms with Gasteiger partial charge in [0.1, 0.15) is 5.69 Å². The van der Waals surface area contributed by atoms with Crippen molar-refractivity contribution in [3.05, 3.63) is 47.9 Å². The minimum absolute atomic E-state index is 0.202. The van der Waals surface area contributed by atoms with E-state index in [1.54, 1.807) is 6.20 Å². The number of hydrogen-bond donors (Lipinski definition) is 4. The van der Waals surface area contributed by atoms with Gasteiger partial charge in [-0.15, -0.1) is 0 Å². The zero-order valence-electron chi connectivity index (χ0n) is 13.6. The maximum absolute atomic E-state index is 12.6. The molecule has 128 valence electrons. The number of amides is 2. The summed E-state index contributed by atoms with van der Waals surface area (Å²) in [5.74, 6) is -0.521. The molecule has 0 saturated heterocycles. The lowest BCUT2D eigenvalue weighted by molar-refractivity contribution is 0.0933. The van der Waals surface area contributed by atoms with Crippen LogP contribution in [0.25, 0.3) is 10.9 Å². The van der Waals surface area contributed by atoms with E-state index in [2.05, 4.69) is 25.8 Å². The highest BCUT2D eigenvalue weighted by atomic mass is 16.2. The van der Waals surface area contributed by atoms with Gasteiger partial charge in [-0.3, -0.25) is 14.7 Å². The predicted molar refractivity (Wildman–Crippen MR) is 94.6 cm³/mol. The molecule has 1 aliphatic rings. The van der Waals surface area contributed by atoms with Gasteiger partial charge in [0.15, 0.2) is 0 Å². The molecule has 1 fully saturated rings. The van der Waals surface area contributed by atoms with Crippen LogP contribution in [0.4, 0.5) is 5.69 Å². The lowest BCUT2D eigenvalue weighted by Gasteiger charge is -2.12. The van der Waals surface area contributed by atoms with E-state index in [1.807, 2.05) is 24.3 Å². The lowest BCUT2D eigenvalue weighted by Crippen LogP contribution is -2.33. The number of aromatic nitrogens is 3. The zero-order chi connectivity index (χ0) is 17.2. The van der Waals surface area contributed by atoms with Crippen molar-refractivity contribution in [3.8, 4) is 0 Å². The Morgan fingerprint density at radius 3 is 2.76 bits per heavy atom. The zero-order valence-corrected chi connectivity index (χ0v) is 13.6. The number of nitrogens with zero attached hydrogens (tertiary/aromatic N) is 1. The van der Waals surface area contributed by atoms with Gasteiger partial charge < -0.3 is 15.6 Å². The van der Waals surface area contributed by atoms with Crippen molar-refractivity contribution in [1.29, 1.82) is 0 Å². The maximum Gasteiger partial charge on any atom is 0.271 e. The van der Waals surface area contributed by atoms with Gasteiger partial charge in [-0.25, -0.2) is 0 Å². The fraction of sp³-hybridized carbons (Fsp3) is 0.278. The molecule has 0 atom stereocenters. The second-order valence-corrected chi connectivity index (χ2v) is 6.32. The average Bonchev–Trinajstić information content (AvgIpc) is 3.35. The topological polar surface area (TPSA) is 103 Å². The molecule has 0 unspecified atom stereocenters. The minimum atomic E-state index is -0.284. The number of para-hydroxylation sites is 1. The first-order valence-corrected chi connectivity index (χ1v) is 8.44. The van der Waals surface area contributed by atoms with Crippen LogP contribution in [0.2, 0.25) is 0 Å². The van der Waals surface area contributed by atoms with E-state index < -0.39 is 0 Å². The molecular weight excluding hydrogens is 318 g/mol. The molecule has 1 saturated carbocycles. The number of aromatic amines is 2. The Hall–Kier alpha value is -3.09. The van der Waals surface area contributed by atoms with E-state index in [0.29, 0.717) is 11.3 Å². The van der Waals surface area contributed by atoms with E-state index in [9.17, 15) is 9.59 Å². The van der Waals surface area contributed by atoms with Gasteiger partial charge in [0, 0.05) is 23.1 Å². The smallest absolute Gasteiger partial charge is 0.271 e. The molecule has 2 amide bonds. The van der Waals surface area contributed by atoms with Crippen LogP contribution in [0, 0.1) is 0 Å². The Bertz CT molecular complexity index is 920. The van der Waals surface area contributed by atoms with Gasteiger partial charge in [-0.05, 0) is 18.9 Å². The number of H-pyrrole nitrogens is 2. The van der Waals surface area contributed by atoms with Crippen LogP contribution in [0.5, 0.6) is 0 Å². The van der Waals surface area contributed by atoms with Crippen molar-refractivity contribution in [2.45, 2.75) is 31.7 Å². The average molecular weight is 337 g/mol. The summed E-state index contributed by atoms with van der Waals surface area (Å²) in [5.41, 5.74) is 2.07. The first kappa shape index (κ1) is 15.4. The maximum atomic E-state index is 12.6. The standard InChI is InChI=1S/C18H19N5O2/c24-17(13-9-19-14-8-4-3-7-12(13)14)22-15-10-20-23-16(15)18(25)21-11-5-1-2-6-11/h3-4,7-11,19H,1-2,5-6H2,(H,20,23)(H,21,25)(H,22,24). The Labute approximate surface area is 144 Å². The normalized spacial score (nSPS) is 14.7. The van der Waals surface area contributed by atoms with Crippen molar-refractivity contribution >= 4 is 28.4 Å². The van der Waals surface area contributed by atoms with Gasteiger partial charge in [0.05, 0.1) is 17.4 Å². The molecule has 1 aliphatic carbocycles. The van der Waals surface area contributed by atoms with Crippen molar-refractivity contribution in [3.63, 3.8) is 0 Å². The SMILES string of the molecule is O=C(NC1CCCC1)c1[nH]ncc1NC(=O)c1c[nH]c2ccccc12. The van der Waals surface area contributed by atoms with Crippen LogP contribution < -0.4 is 10.6 Å². The Kier molecular flexibility index (Phi) is 3.97. The summed E-state index contributed by atoms with van der Waals surface area (Å²) in [5, 5.41) is 13.2. The van der Waals surface area contributed by atoms with E-state index in [-0.39, 0.29) is 23.6 Å². The highest BCUT2D eigenvalue weighted by Gasteiger charge is 2.22. The van der Waals surface area contributed by atoms with Crippen molar-refractivity contribution in [2.75, 3.05) is 5.32 Å². The van der Waals surface area contributed by atoms with E-state index in [0.717, 1.165) is 36.6 Å². The molecule has 7 heteroatoms. The first-order valence-electron chi connectivity index (χ1n) is 8.44. The summed E-state index contributed by atoms with van der Waals surface area (Å²) >= 11 is 0. The molecule has 3 aromatic rings. The van der Waals surface area contributed by atoms with E-state index >= 15 is 0 Å². The third kappa shape index (κ3) is 3.00. The number of nitrogens with one attached hydrogen (secondary N) is 4. The Morgan fingerprint density at radius 1 is 1.12 bits per heavy atom. The number of anilines is 1. The van der Waals surface area contributed by atoms with Crippen LogP contribution in [-0.2, 0) is 0 Å². The third-order valence-electron chi connectivity index (χ3n) is 4.64. The fourth-order valence-corrected chi connectivity index (χ4v) is 3.33. The number of benzene rings is 1. The highest BCUT2D eigenvalue weighted by molar-refractivity contribution is 6.14. The molecule has 25 heavy (non-hydrogen) atoms. The first-order chi connectivity index (χ1) is 12.2. The van der Waals surface area contributed by atoms with Crippen molar-refractivity contribution in [1.82, 2.24) is 20.5 Å². The van der Waals surface area contributed by atoms with Crippen LogP contribution in [-0.4, -0.2) is 33.0 Å². The summed E-state index contributed by atoms with van der Waals surface area (Å²) in [4.78, 5) is 28.1. The summed E-state index contributed by atoms with van der Waals surface area (Å²) in [6, 6.07) is 7.77. The third-order valence-corrected chi connectivity index (χ3v) is 4.64. The molecular formula is C18H19N5O2. The van der Waals surface area contributed by atoms with Gasteiger partial charge in [0.25, 0.3) is 11.8 Å². The van der Waals surface area contributed by atoms with Crippen LogP contribution >= 0.6 is 0 Å². The van der Waals surface area contributed by atoms with Gasteiger partial charge >= 0.3 is 0 Å². The van der Waals surface area contributed by atoms with Gasteiger partial charge in [0.2, 0.25) is 0 Å². The predicted octanol–water partition coefficient (Wildman–Crippen LogP) is 2.82. The second-order valence-electron chi connectivity index (χ2n) is 6.32. The van der Waals surface area contributed by atoms with Crippen LogP contribution in [0.15, 0.2) is 36.7 Å². The summed E-state index contributed by atoms with van der Waals surface area (Å²) in [7, 11) is 0. The number of carbonyl (C=O) groups excluding carboxylic acids is 2. The van der Waals surface area contributed by atoms with Gasteiger partial charge in [-0.1, -0.05) is 31.0 Å². The van der Waals surface area contributed by atoms with Crippen LogP contribution in [0.3, 0.4) is 0 Å². The summed E-state index contributed by atoms with van der Waals surface area (Å²) in [6.45, 7) is 0. The van der Waals surface area contributed by atoms with E-state index in [1.165, 1.54) is 6.20 Å². The molecule has 7 nitrogen and oxygen atoms in total. The van der Waals surface area contributed by atoms with Crippen molar-refractivity contribution < 1.29 is 9.59 Å². The molecule has 0 spiro atoms. The van der Waals surface area contributed by atoms with Crippen molar-refractivity contribution in [2.24, 2.45) is 0 Å². The molecule has 2 aromatic heterocycles. The van der Waals surface area contributed by atoms with E-state index in [4.69, 9.17) is 0 Å². The Morgan fingerprint density at radius 2 is 1.92 bits per heavy atom. The van der Waals surface area contributed by atoms with Crippen LogP contribution in [0.1, 0.15) is 46.5 Å². The fourth-order valence-electron chi connectivity index (χ4n) is 3.33. The number of fused-ring (bicyclic) bond motifs is 1. The highest BCUT2D eigenvalue weighted by Crippen LogP contribution is 2.21. The second kappa shape index (κ2) is 6.43. The number of hydrogen-bond acceptors (Lipinski definition) is 3. The Balaban J connectivity index is 1.52. The minimum Gasteiger partial charge on any atom is -0.360 e. The quantitative estimate of drug-likeness (QED) is 0.588. The monoisotopic (exact) mass is 337 g/mol. The molecule has 0 aliphatic heterocycles. The molecule has 4 rings (SSSR count). The lowest BCUT2D eigenvalue weighted by atomic mass is 10.1. The number of carbonyl (C=O) groups is 2. The molecule has 4 N–H and O–H groups in total. The summed E-state index contributed by atoms with van der Waals surface area (Å²) < 4.78 is 0. The summed E-state index contributed by atoms with van der Waals surface area (Å²) in [6.07, 6.45) is 7.39. The largest absolute Gasteiger partial charge is 0.360 e. The molecule has 0 bridgehead atoms. The molecule has 2 heterocycles. The van der Waals surface area contributed by atoms with Gasteiger partial charge in [-0.2, -0.15) is 5.10 Å².